The van der Waals surface area contributed by atoms with Crippen molar-refractivity contribution >= 4 is 17.5 Å². The van der Waals surface area contributed by atoms with Crippen LogP contribution >= 0.6 is 0 Å². The molecule has 0 saturated heterocycles. The van der Waals surface area contributed by atoms with Crippen LogP contribution in [0.15, 0.2) is 18.2 Å². The lowest BCUT2D eigenvalue weighted by Crippen LogP contribution is -2.41. The van der Waals surface area contributed by atoms with E-state index in [4.69, 9.17) is 5.73 Å². The highest BCUT2D eigenvalue weighted by molar-refractivity contribution is 6.01. The van der Waals surface area contributed by atoms with Gasteiger partial charge in [-0.25, -0.2) is 0 Å². The van der Waals surface area contributed by atoms with Crippen LogP contribution in [-0.2, 0) is 4.79 Å². The third-order valence-corrected chi connectivity index (χ3v) is 2.70. The lowest BCUT2D eigenvalue weighted by molar-refractivity contribution is -0.122. The van der Waals surface area contributed by atoms with Gasteiger partial charge in [0.2, 0.25) is 5.91 Å². The van der Waals surface area contributed by atoms with Crippen LogP contribution in [0.4, 0.5) is 5.69 Å². The van der Waals surface area contributed by atoms with E-state index >= 15 is 0 Å². The first-order valence-corrected chi connectivity index (χ1v) is 6.22. The number of nitrogen functional groups attached to an aromatic ring is 1. The molecule has 5 nitrogen and oxygen atoms in total. The molecular formula is C14H21N3O2. The van der Waals surface area contributed by atoms with E-state index in [0.717, 1.165) is 5.56 Å². The first-order chi connectivity index (χ1) is 8.82. The lowest BCUT2D eigenvalue weighted by Gasteiger charge is -2.19. The van der Waals surface area contributed by atoms with Crippen molar-refractivity contribution in [2.45, 2.75) is 26.8 Å². The molecule has 0 atom stereocenters. The Morgan fingerprint density at radius 1 is 1.37 bits per heavy atom. The number of amides is 2. The summed E-state index contributed by atoms with van der Waals surface area (Å²) in [6.07, 6.45) is 0. The fourth-order valence-electron chi connectivity index (χ4n) is 1.83. The van der Waals surface area contributed by atoms with Crippen LogP contribution in [0.5, 0.6) is 0 Å². The molecule has 104 valence electrons. The molecule has 3 N–H and O–H groups in total. The Bertz CT molecular complexity index is 463. The van der Waals surface area contributed by atoms with E-state index in [-0.39, 0.29) is 24.4 Å². The van der Waals surface area contributed by atoms with Crippen LogP contribution in [-0.4, -0.2) is 36.3 Å². The molecule has 2 amide bonds. The van der Waals surface area contributed by atoms with Gasteiger partial charge in [-0.2, -0.15) is 0 Å². The zero-order valence-electron chi connectivity index (χ0n) is 11.9. The highest BCUT2D eigenvalue weighted by atomic mass is 16.2. The molecule has 0 aromatic heterocycles. The monoisotopic (exact) mass is 263 g/mol. The van der Waals surface area contributed by atoms with Crippen molar-refractivity contribution in [2.75, 3.05) is 19.3 Å². The number of nitrogens with zero attached hydrogens (tertiary/aromatic N) is 1. The molecule has 0 aliphatic heterocycles. The Hall–Kier alpha value is -2.04. The van der Waals surface area contributed by atoms with Gasteiger partial charge in [-0.15, -0.1) is 0 Å². The minimum atomic E-state index is -0.241. The van der Waals surface area contributed by atoms with Gasteiger partial charge in [0.05, 0.1) is 12.1 Å². The van der Waals surface area contributed by atoms with Gasteiger partial charge >= 0.3 is 0 Å². The first-order valence-electron chi connectivity index (χ1n) is 6.22. The Morgan fingerprint density at radius 2 is 2.00 bits per heavy atom. The molecule has 0 heterocycles. The van der Waals surface area contributed by atoms with Crippen LogP contribution in [0.25, 0.3) is 0 Å². The average Bonchev–Trinajstić information content (AvgIpc) is 2.26. The summed E-state index contributed by atoms with van der Waals surface area (Å²) in [4.78, 5) is 25.3. The van der Waals surface area contributed by atoms with Crippen LogP contribution in [0.1, 0.15) is 29.8 Å². The van der Waals surface area contributed by atoms with E-state index in [2.05, 4.69) is 5.32 Å². The summed E-state index contributed by atoms with van der Waals surface area (Å²) in [7, 11) is 1.59. The highest BCUT2D eigenvalue weighted by Gasteiger charge is 2.19. The molecule has 1 aromatic carbocycles. The number of carbonyl (C=O) groups excluding carboxylic acids is 2. The summed E-state index contributed by atoms with van der Waals surface area (Å²) in [5.74, 6) is -0.424. The standard InChI is InChI=1S/C14H21N3O2/c1-9(2)16-12(18)8-17(4)14(19)13-10(3)6-5-7-11(13)15/h5-7,9H,8,15H2,1-4H3,(H,16,18). The van der Waals surface area contributed by atoms with Crippen LogP contribution in [0.2, 0.25) is 0 Å². The van der Waals surface area contributed by atoms with Crippen LogP contribution < -0.4 is 11.1 Å². The first kappa shape index (κ1) is 15.0. The number of carbonyl (C=O) groups is 2. The van der Waals surface area contributed by atoms with Crippen molar-refractivity contribution in [1.29, 1.82) is 0 Å². The van der Waals surface area contributed by atoms with Crippen LogP contribution in [0.3, 0.4) is 0 Å². The van der Waals surface area contributed by atoms with Gasteiger partial charge in [0.25, 0.3) is 5.91 Å². The lowest BCUT2D eigenvalue weighted by atomic mass is 10.1. The Labute approximate surface area is 113 Å². The predicted molar refractivity (Wildman–Crippen MR) is 75.8 cm³/mol. The van der Waals surface area contributed by atoms with E-state index in [0.29, 0.717) is 11.3 Å². The smallest absolute Gasteiger partial charge is 0.256 e. The van der Waals surface area contributed by atoms with Gasteiger partial charge in [0.1, 0.15) is 0 Å². The number of nitrogens with two attached hydrogens (primary N) is 1. The molecule has 0 aliphatic rings. The van der Waals surface area contributed by atoms with Gasteiger partial charge in [0.15, 0.2) is 0 Å². The molecule has 1 aromatic rings. The summed E-state index contributed by atoms with van der Waals surface area (Å²) in [6, 6.07) is 5.36. The topological polar surface area (TPSA) is 75.4 Å². The molecule has 0 bridgehead atoms. The molecule has 0 fully saturated rings. The normalized spacial score (nSPS) is 10.4. The van der Waals surface area contributed by atoms with Crippen molar-refractivity contribution in [2.24, 2.45) is 0 Å². The molecule has 0 radical (unpaired) electrons. The number of hydrogen-bond acceptors (Lipinski definition) is 3. The molecule has 0 unspecified atom stereocenters. The summed E-state index contributed by atoms with van der Waals surface area (Å²) < 4.78 is 0. The highest BCUT2D eigenvalue weighted by Crippen LogP contribution is 2.17. The molecular weight excluding hydrogens is 242 g/mol. The summed E-state index contributed by atoms with van der Waals surface area (Å²) in [5.41, 5.74) is 7.52. The average molecular weight is 263 g/mol. The number of aryl methyl sites for hydroxylation is 1. The second kappa shape index (κ2) is 6.22. The number of benzene rings is 1. The number of hydrogen-bond donors (Lipinski definition) is 2. The zero-order valence-corrected chi connectivity index (χ0v) is 11.9. The molecule has 0 spiro atoms. The van der Waals surface area contributed by atoms with Crippen molar-refractivity contribution in [1.82, 2.24) is 10.2 Å². The van der Waals surface area contributed by atoms with Crippen molar-refractivity contribution < 1.29 is 9.59 Å². The van der Waals surface area contributed by atoms with E-state index in [1.807, 2.05) is 26.8 Å². The number of anilines is 1. The third kappa shape index (κ3) is 3.98. The second-order valence-electron chi connectivity index (χ2n) is 4.92. The third-order valence-electron chi connectivity index (χ3n) is 2.70. The second-order valence-corrected chi connectivity index (χ2v) is 4.92. The zero-order chi connectivity index (χ0) is 14.6. The summed E-state index contributed by atoms with van der Waals surface area (Å²) in [6.45, 7) is 5.59. The Morgan fingerprint density at radius 3 is 2.53 bits per heavy atom. The van der Waals surface area contributed by atoms with Crippen molar-refractivity contribution in [3.63, 3.8) is 0 Å². The van der Waals surface area contributed by atoms with Crippen molar-refractivity contribution in [3.05, 3.63) is 29.3 Å². The van der Waals surface area contributed by atoms with Crippen LogP contribution in [0, 0.1) is 6.92 Å². The van der Waals surface area contributed by atoms with E-state index in [9.17, 15) is 9.59 Å². The predicted octanol–water partition coefficient (Wildman–Crippen LogP) is 1.17. The van der Waals surface area contributed by atoms with Gasteiger partial charge in [-0.3, -0.25) is 9.59 Å². The summed E-state index contributed by atoms with van der Waals surface area (Å²) >= 11 is 0. The molecule has 1 rings (SSSR count). The summed E-state index contributed by atoms with van der Waals surface area (Å²) in [5, 5.41) is 2.75. The van der Waals surface area contributed by atoms with Gasteiger partial charge in [-0.1, -0.05) is 12.1 Å². The largest absolute Gasteiger partial charge is 0.398 e. The van der Waals surface area contributed by atoms with Gasteiger partial charge in [0, 0.05) is 18.8 Å². The van der Waals surface area contributed by atoms with E-state index < -0.39 is 0 Å². The molecule has 5 heteroatoms. The van der Waals surface area contributed by atoms with Gasteiger partial charge < -0.3 is 16.0 Å². The Kier molecular flexibility index (Phi) is 4.92. The minimum absolute atomic E-state index is 0.0186. The SMILES string of the molecule is Cc1cccc(N)c1C(=O)N(C)CC(=O)NC(C)C. The molecule has 19 heavy (non-hydrogen) atoms. The molecule has 0 aliphatic carbocycles. The number of likely N-dealkylation sites (N-methyl/N-ethyl adjacent to an activating group) is 1. The Balaban J connectivity index is 2.80. The number of nitrogens with one attached hydrogen (secondary N) is 1. The fraction of sp³-hybridized carbons (Fsp3) is 0.429. The molecule has 0 saturated carbocycles. The maximum Gasteiger partial charge on any atom is 0.256 e. The van der Waals surface area contributed by atoms with Gasteiger partial charge in [-0.05, 0) is 32.4 Å². The minimum Gasteiger partial charge on any atom is -0.398 e. The maximum atomic E-state index is 12.3. The maximum absolute atomic E-state index is 12.3. The number of rotatable bonds is 4. The van der Waals surface area contributed by atoms with E-state index in [1.54, 1.807) is 19.2 Å². The van der Waals surface area contributed by atoms with Crippen molar-refractivity contribution in [3.8, 4) is 0 Å². The fourth-order valence-corrected chi connectivity index (χ4v) is 1.83. The van der Waals surface area contributed by atoms with E-state index in [1.165, 1.54) is 4.90 Å². The quantitative estimate of drug-likeness (QED) is 0.801.